The van der Waals surface area contributed by atoms with Crippen LogP contribution in [0.15, 0.2) is 0 Å². The third kappa shape index (κ3) is 3.05. The van der Waals surface area contributed by atoms with Crippen LogP contribution in [0.4, 0.5) is 0 Å². The minimum atomic E-state index is -1.18. The summed E-state index contributed by atoms with van der Waals surface area (Å²) in [6.45, 7) is -0.212. The lowest BCUT2D eigenvalue weighted by Crippen LogP contribution is -2.22. The third-order valence-electron chi connectivity index (χ3n) is 0.876. The van der Waals surface area contributed by atoms with Crippen molar-refractivity contribution in [1.82, 2.24) is 0 Å². The van der Waals surface area contributed by atoms with E-state index in [0.29, 0.717) is 0 Å². The Bertz CT molecular complexity index is 91.0. The van der Waals surface area contributed by atoms with Crippen molar-refractivity contribution >= 4 is 5.97 Å². The number of methoxy groups -OCH3 is 1. The van der Waals surface area contributed by atoms with E-state index in [4.69, 9.17) is 10.2 Å². The molecule has 0 rings (SSSR count). The van der Waals surface area contributed by atoms with Gasteiger partial charge in [0.2, 0.25) is 0 Å². The Morgan fingerprint density at radius 3 is 2.67 bits per heavy atom. The number of carbonyl (C=O) groups excluding carboxylic acids is 1. The highest BCUT2D eigenvalue weighted by Gasteiger charge is 2.12. The molecule has 0 heterocycles. The Balaban J connectivity index is 3.45. The molecule has 0 aliphatic rings. The molecule has 0 bridgehead atoms. The van der Waals surface area contributed by atoms with Crippen molar-refractivity contribution in [3.63, 3.8) is 0 Å². The first kappa shape index (κ1) is 8.39. The van der Waals surface area contributed by atoms with Gasteiger partial charge in [-0.1, -0.05) is 0 Å². The summed E-state index contributed by atoms with van der Waals surface area (Å²) in [4.78, 5) is 10.3. The van der Waals surface area contributed by atoms with Gasteiger partial charge in [-0.25, -0.2) is 4.79 Å². The van der Waals surface area contributed by atoms with Crippen LogP contribution >= 0.6 is 0 Å². The molecule has 4 heteroatoms. The minimum absolute atomic E-state index is 0.0344. The zero-order chi connectivity index (χ0) is 7.28. The summed E-state index contributed by atoms with van der Waals surface area (Å²) < 4.78 is 4.16. The standard InChI is InChI=1S/C5H10O4/c1-9-5(8)4(7)2-3-6/h4,6-7H,2-3H2,1H3/t4-/m1/s1. The normalized spacial score (nSPS) is 12.8. The van der Waals surface area contributed by atoms with Crippen LogP contribution in [-0.2, 0) is 9.53 Å². The van der Waals surface area contributed by atoms with Crippen LogP contribution in [0.25, 0.3) is 0 Å². The van der Waals surface area contributed by atoms with Crippen LogP contribution in [-0.4, -0.2) is 36.0 Å². The van der Waals surface area contributed by atoms with Crippen molar-refractivity contribution in [2.24, 2.45) is 0 Å². The molecule has 0 spiro atoms. The number of aliphatic hydroxyl groups is 2. The summed E-state index contributed by atoms with van der Waals surface area (Å²) in [5.74, 6) is -0.705. The Hall–Kier alpha value is -0.610. The number of carbonyl (C=O) groups is 1. The topological polar surface area (TPSA) is 66.8 Å². The molecule has 0 unspecified atom stereocenters. The van der Waals surface area contributed by atoms with Crippen LogP contribution in [0.1, 0.15) is 6.42 Å². The van der Waals surface area contributed by atoms with E-state index in [1.165, 1.54) is 7.11 Å². The van der Waals surface area contributed by atoms with E-state index in [0.717, 1.165) is 0 Å². The van der Waals surface area contributed by atoms with Crippen LogP contribution in [0.3, 0.4) is 0 Å². The predicted molar refractivity (Wildman–Crippen MR) is 29.7 cm³/mol. The van der Waals surface area contributed by atoms with E-state index in [9.17, 15) is 4.79 Å². The van der Waals surface area contributed by atoms with Crippen LogP contribution in [0, 0.1) is 0 Å². The van der Waals surface area contributed by atoms with Gasteiger partial charge in [0, 0.05) is 13.0 Å². The molecule has 0 radical (unpaired) electrons. The number of rotatable bonds is 3. The molecule has 0 aromatic rings. The number of hydrogen-bond donors (Lipinski definition) is 2. The van der Waals surface area contributed by atoms with Gasteiger partial charge in [-0.05, 0) is 0 Å². The van der Waals surface area contributed by atoms with E-state index in [-0.39, 0.29) is 13.0 Å². The van der Waals surface area contributed by atoms with Gasteiger partial charge in [-0.15, -0.1) is 0 Å². The molecular formula is C5H10O4. The molecule has 0 aliphatic carbocycles. The number of esters is 1. The molecule has 0 saturated heterocycles. The number of aliphatic hydroxyl groups excluding tert-OH is 2. The van der Waals surface area contributed by atoms with Crippen molar-refractivity contribution in [3.8, 4) is 0 Å². The lowest BCUT2D eigenvalue weighted by Gasteiger charge is -2.03. The van der Waals surface area contributed by atoms with Crippen LogP contribution < -0.4 is 0 Å². The van der Waals surface area contributed by atoms with E-state index < -0.39 is 12.1 Å². The van der Waals surface area contributed by atoms with Gasteiger partial charge in [0.05, 0.1) is 7.11 Å². The second kappa shape index (κ2) is 4.29. The molecule has 0 amide bonds. The Kier molecular flexibility index (Phi) is 4.00. The van der Waals surface area contributed by atoms with E-state index >= 15 is 0 Å². The molecule has 2 N–H and O–H groups in total. The third-order valence-corrected chi connectivity index (χ3v) is 0.876. The zero-order valence-electron chi connectivity index (χ0n) is 5.20. The summed E-state index contributed by atoms with van der Waals surface area (Å²) in [6.07, 6.45) is -1.15. The first-order valence-electron chi connectivity index (χ1n) is 2.59. The van der Waals surface area contributed by atoms with E-state index in [1.54, 1.807) is 0 Å². The molecule has 1 atom stereocenters. The lowest BCUT2D eigenvalue weighted by molar-refractivity contribution is -0.151. The average molecular weight is 134 g/mol. The van der Waals surface area contributed by atoms with E-state index in [2.05, 4.69) is 4.74 Å². The second-order valence-corrected chi connectivity index (χ2v) is 1.55. The highest BCUT2D eigenvalue weighted by atomic mass is 16.5. The monoisotopic (exact) mass is 134 g/mol. The largest absolute Gasteiger partial charge is 0.467 e. The van der Waals surface area contributed by atoms with Crippen LogP contribution in [0.2, 0.25) is 0 Å². The van der Waals surface area contributed by atoms with Gasteiger partial charge in [0.1, 0.15) is 0 Å². The highest BCUT2D eigenvalue weighted by Crippen LogP contribution is 1.91. The highest BCUT2D eigenvalue weighted by molar-refractivity contribution is 5.74. The summed E-state index contributed by atoms with van der Waals surface area (Å²) >= 11 is 0. The van der Waals surface area contributed by atoms with Gasteiger partial charge in [-0.2, -0.15) is 0 Å². The SMILES string of the molecule is COC(=O)[C@H](O)CCO. The van der Waals surface area contributed by atoms with E-state index in [1.807, 2.05) is 0 Å². The quantitative estimate of drug-likeness (QED) is 0.481. The Labute approximate surface area is 53.1 Å². The Morgan fingerprint density at radius 2 is 2.33 bits per heavy atom. The van der Waals surface area contributed by atoms with Crippen molar-refractivity contribution in [1.29, 1.82) is 0 Å². The van der Waals surface area contributed by atoms with Crippen molar-refractivity contribution in [2.75, 3.05) is 13.7 Å². The fourth-order valence-corrected chi connectivity index (χ4v) is 0.376. The fourth-order valence-electron chi connectivity index (χ4n) is 0.376. The molecular weight excluding hydrogens is 124 g/mol. The molecule has 0 aromatic heterocycles. The molecule has 54 valence electrons. The van der Waals surface area contributed by atoms with Crippen molar-refractivity contribution < 1.29 is 19.7 Å². The average Bonchev–Trinajstić information content (AvgIpc) is 1.87. The minimum Gasteiger partial charge on any atom is -0.467 e. The van der Waals surface area contributed by atoms with Crippen LogP contribution in [0.5, 0.6) is 0 Å². The fraction of sp³-hybridized carbons (Fsp3) is 0.800. The molecule has 0 aliphatic heterocycles. The van der Waals surface area contributed by atoms with Gasteiger partial charge in [0.25, 0.3) is 0 Å². The first-order valence-corrected chi connectivity index (χ1v) is 2.59. The first-order chi connectivity index (χ1) is 4.22. The summed E-state index contributed by atoms with van der Waals surface area (Å²) in [7, 11) is 1.18. The maximum atomic E-state index is 10.3. The smallest absolute Gasteiger partial charge is 0.334 e. The van der Waals surface area contributed by atoms with Gasteiger partial charge in [0.15, 0.2) is 6.10 Å². The van der Waals surface area contributed by atoms with Crippen molar-refractivity contribution in [3.05, 3.63) is 0 Å². The summed E-state index contributed by atoms with van der Waals surface area (Å²) in [6, 6.07) is 0. The van der Waals surface area contributed by atoms with Gasteiger partial charge < -0.3 is 14.9 Å². The Morgan fingerprint density at radius 1 is 1.78 bits per heavy atom. The molecule has 0 fully saturated rings. The van der Waals surface area contributed by atoms with Gasteiger partial charge >= 0.3 is 5.97 Å². The predicted octanol–water partition coefficient (Wildman–Crippen LogP) is -1.10. The second-order valence-electron chi connectivity index (χ2n) is 1.55. The lowest BCUT2D eigenvalue weighted by atomic mass is 10.3. The maximum Gasteiger partial charge on any atom is 0.334 e. The molecule has 0 aromatic carbocycles. The molecule has 9 heavy (non-hydrogen) atoms. The number of hydrogen-bond acceptors (Lipinski definition) is 4. The summed E-state index contributed by atoms with van der Waals surface area (Å²) in [5.41, 5.74) is 0. The van der Waals surface area contributed by atoms with Crippen molar-refractivity contribution in [2.45, 2.75) is 12.5 Å². The van der Waals surface area contributed by atoms with Gasteiger partial charge in [-0.3, -0.25) is 0 Å². The maximum absolute atomic E-state index is 10.3. The molecule has 0 saturated carbocycles. The molecule has 4 nitrogen and oxygen atoms in total. The number of ether oxygens (including phenoxy) is 1. The zero-order valence-corrected chi connectivity index (χ0v) is 5.20. The summed E-state index contributed by atoms with van der Waals surface area (Å²) in [5, 5.41) is 16.9.